The maximum Gasteiger partial charge on any atom is 0.277 e. The van der Waals surface area contributed by atoms with Crippen molar-refractivity contribution in [1.29, 1.82) is 0 Å². The molecule has 0 fully saturated rings. The van der Waals surface area contributed by atoms with Gasteiger partial charge in [-0.1, -0.05) is 0 Å². The summed E-state index contributed by atoms with van der Waals surface area (Å²) >= 11 is 0. The quantitative estimate of drug-likeness (QED) is 0.551. The normalized spacial score (nSPS) is 10.4. The van der Waals surface area contributed by atoms with Crippen molar-refractivity contribution >= 4 is 12.1 Å². The minimum absolute atomic E-state index is 0.152. The van der Waals surface area contributed by atoms with Crippen molar-refractivity contribution < 1.29 is 23.7 Å². The molecule has 0 saturated carbocycles. The molecule has 0 aliphatic carbocycles. The molecule has 1 amide bonds. The molecule has 0 atom stereocenters. The first-order valence-corrected chi connectivity index (χ1v) is 8.06. The summed E-state index contributed by atoms with van der Waals surface area (Å²) in [5.41, 5.74) is 3.09. The van der Waals surface area contributed by atoms with Crippen LogP contribution in [0.1, 0.15) is 12.5 Å². The van der Waals surface area contributed by atoms with Crippen LogP contribution in [-0.4, -0.2) is 39.6 Å². The number of methoxy groups -OCH3 is 2. The third-order valence-electron chi connectivity index (χ3n) is 3.33. The van der Waals surface area contributed by atoms with Gasteiger partial charge in [-0.3, -0.25) is 4.79 Å². The topological polar surface area (TPSA) is 78.4 Å². The highest BCUT2D eigenvalue weighted by atomic mass is 16.5. The van der Waals surface area contributed by atoms with E-state index in [4.69, 9.17) is 18.9 Å². The maximum atomic E-state index is 11.8. The van der Waals surface area contributed by atoms with Crippen molar-refractivity contribution in [2.75, 3.05) is 27.4 Å². The van der Waals surface area contributed by atoms with E-state index in [0.29, 0.717) is 29.4 Å². The largest absolute Gasteiger partial charge is 0.497 e. The van der Waals surface area contributed by atoms with Crippen LogP contribution in [0.5, 0.6) is 23.0 Å². The maximum absolute atomic E-state index is 11.8. The number of nitrogens with one attached hydrogen (secondary N) is 1. The molecule has 0 aliphatic heterocycles. The van der Waals surface area contributed by atoms with Gasteiger partial charge in [0.2, 0.25) is 0 Å². The number of amides is 1. The van der Waals surface area contributed by atoms with Gasteiger partial charge in [0.1, 0.15) is 23.0 Å². The Morgan fingerprint density at radius 3 is 2.27 bits per heavy atom. The summed E-state index contributed by atoms with van der Waals surface area (Å²) in [5.74, 6) is 2.23. The van der Waals surface area contributed by atoms with Crippen molar-refractivity contribution in [3.8, 4) is 23.0 Å². The number of benzene rings is 2. The minimum Gasteiger partial charge on any atom is -0.497 e. The Hall–Kier alpha value is -3.22. The van der Waals surface area contributed by atoms with Crippen LogP contribution in [0, 0.1) is 0 Å². The minimum atomic E-state index is -0.378. The highest BCUT2D eigenvalue weighted by molar-refractivity contribution is 5.86. The van der Waals surface area contributed by atoms with E-state index in [1.165, 1.54) is 6.21 Å². The van der Waals surface area contributed by atoms with Crippen molar-refractivity contribution in [2.24, 2.45) is 5.10 Å². The van der Waals surface area contributed by atoms with E-state index in [9.17, 15) is 4.79 Å². The fourth-order valence-electron chi connectivity index (χ4n) is 2.09. The Balaban J connectivity index is 1.85. The average molecular weight is 358 g/mol. The summed E-state index contributed by atoms with van der Waals surface area (Å²) in [5, 5.41) is 3.92. The Morgan fingerprint density at radius 2 is 1.65 bits per heavy atom. The molecular weight excluding hydrogens is 336 g/mol. The lowest BCUT2D eigenvalue weighted by molar-refractivity contribution is -0.123. The predicted octanol–water partition coefficient (Wildman–Crippen LogP) is 2.63. The third kappa shape index (κ3) is 5.70. The molecule has 0 heterocycles. The van der Waals surface area contributed by atoms with E-state index in [0.717, 1.165) is 5.75 Å². The van der Waals surface area contributed by atoms with Crippen LogP contribution in [0.4, 0.5) is 0 Å². The van der Waals surface area contributed by atoms with Crippen molar-refractivity contribution in [1.82, 2.24) is 5.43 Å². The summed E-state index contributed by atoms with van der Waals surface area (Å²) in [7, 11) is 3.13. The fraction of sp³-hybridized carbons (Fsp3) is 0.263. The zero-order chi connectivity index (χ0) is 18.8. The Kier molecular flexibility index (Phi) is 7.30. The van der Waals surface area contributed by atoms with Gasteiger partial charge in [-0.2, -0.15) is 5.10 Å². The van der Waals surface area contributed by atoms with Crippen molar-refractivity contribution in [3.63, 3.8) is 0 Å². The first-order valence-electron chi connectivity index (χ1n) is 8.06. The lowest BCUT2D eigenvalue weighted by Crippen LogP contribution is -2.24. The van der Waals surface area contributed by atoms with Gasteiger partial charge in [0.15, 0.2) is 6.61 Å². The first-order chi connectivity index (χ1) is 12.7. The van der Waals surface area contributed by atoms with E-state index in [2.05, 4.69) is 10.5 Å². The summed E-state index contributed by atoms with van der Waals surface area (Å²) < 4.78 is 21.1. The van der Waals surface area contributed by atoms with E-state index in [1.807, 2.05) is 6.92 Å². The standard InChI is InChI=1S/C19H22N2O5/c1-4-25-15-5-7-16(8-6-15)26-13-19(22)21-20-12-14-11-17(23-2)9-10-18(14)24-3/h5-12H,4,13H2,1-3H3,(H,21,22)/b20-12+. The van der Waals surface area contributed by atoms with Crippen LogP contribution in [0.3, 0.4) is 0 Å². The Bertz CT molecular complexity index is 744. The van der Waals surface area contributed by atoms with Gasteiger partial charge in [0.25, 0.3) is 5.91 Å². The highest BCUT2D eigenvalue weighted by Gasteiger charge is 2.04. The summed E-state index contributed by atoms with van der Waals surface area (Å²) in [6, 6.07) is 12.3. The molecule has 0 spiro atoms. The summed E-state index contributed by atoms with van der Waals surface area (Å²) in [4.78, 5) is 11.8. The second kappa shape index (κ2) is 9.93. The first kappa shape index (κ1) is 19.1. The van der Waals surface area contributed by atoms with E-state index < -0.39 is 0 Å². The highest BCUT2D eigenvalue weighted by Crippen LogP contribution is 2.22. The Labute approximate surface area is 152 Å². The zero-order valence-electron chi connectivity index (χ0n) is 15.0. The molecule has 0 radical (unpaired) electrons. The molecular formula is C19H22N2O5. The number of ether oxygens (including phenoxy) is 4. The van der Waals surface area contributed by atoms with Gasteiger partial charge in [-0.15, -0.1) is 0 Å². The second-order valence-corrected chi connectivity index (χ2v) is 5.09. The monoisotopic (exact) mass is 358 g/mol. The molecule has 0 unspecified atom stereocenters. The number of carbonyl (C=O) groups is 1. The third-order valence-corrected chi connectivity index (χ3v) is 3.33. The van der Waals surface area contributed by atoms with E-state index >= 15 is 0 Å². The van der Waals surface area contributed by atoms with Crippen LogP contribution < -0.4 is 24.4 Å². The van der Waals surface area contributed by atoms with Crippen molar-refractivity contribution in [3.05, 3.63) is 48.0 Å². The molecule has 0 bridgehead atoms. The Morgan fingerprint density at radius 1 is 1.00 bits per heavy atom. The van der Waals surface area contributed by atoms with Crippen LogP contribution in [-0.2, 0) is 4.79 Å². The van der Waals surface area contributed by atoms with E-state index in [-0.39, 0.29) is 12.5 Å². The molecule has 0 saturated heterocycles. The zero-order valence-corrected chi connectivity index (χ0v) is 15.0. The van der Waals surface area contributed by atoms with Crippen LogP contribution in [0.15, 0.2) is 47.6 Å². The fourth-order valence-corrected chi connectivity index (χ4v) is 2.09. The summed E-state index contributed by atoms with van der Waals surface area (Å²) in [6.07, 6.45) is 1.48. The number of hydrogen-bond acceptors (Lipinski definition) is 6. The van der Waals surface area contributed by atoms with E-state index in [1.54, 1.807) is 56.7 Å². The number of hydrogen-bond donors (Lipinski definition) is 1. The van der Waals surface area contributed by atoms with Crippen LogP contribution in [0.2, 0.25) is 0 Å². The molecule has 1 N–H and O–H groups in total. The van der Waals surface area contributed by atoms with Crippen LogP contribution >= 0.6 is 0 Å². The number of nitrogens with zero attached hydrogens (tertiary/aromatic N) is 1. The van der Waals surface area contributed by atoms with Crippen LogP contribution in [0.25, 0.3) is 0 Å². The number of hydrazone groups is 1. The SMILES string of the molecule is CCOc1ccc(OCC(=O)N/N=C/c2cc(OC)ccc2OC)cc1. The van der Waals surface area contributed by atoms with Gasteiger partial charge in [-0.25, -0.2) is 5.43 Å². The van der Waals surface area contributed by atoms with Gasteiger partial charge < -0.3 is 18.9 Å². The molecule has 7 nitrogen and oxygen atoms in total. The van der Waals surface area contributed by atoms with Gasteiger partial charge >= 0.3 is 0 Å². The van der Waals surface area contributed by atoms with Crippen molar-refractivity contribution in [2.45, 2.75) is 6.92 Å². The molecule has 7 heteroatoms. The molecule has 138 valence electrons. The number of carbonyl (C=O) groups excluding carboxylic acids is 1. The average Bonchev–Trinajstić information content (AvgIpc) is 2.67. The second-order valence-electron chi connectivity index (χ2n) is 5.09. The summed E-state index contributed by atoms with van der Waals surface area (Å²) in [6.45, 7) is 2.36. The molecule has 0 aliphatic rings. The molecule has 26 heavy (non-hydrogen) atoms. The lowest BCUT2D eigenvalue weighted by atomic mass is 10.2. The smallest absolute Gasteiger partial charge is 0.277 e. The lowest BCUT2D eigenvalue weighted by Gasteiger charge is -2.08. The molecule has 2 aromatic rings. The predicted molar refractivity (Wildman–Crippen MR) is 98.4 cm³/mol. The van der Waals surface area contributed by atoms with Gasteiger partial charge in [0.05, 0.1) is 27.0 Å². The molecule has 2 aromatic carbocycles. The van der Waals surface area contributed by atoms with Gasteiger partial charge in [0, 0.05) is 5.56 Å². The molecule has 0 aromatic heterocycles. The number of rotatable bonds is 9. The molecule has 2 rings (SSSR count). The van der Waals surface area contributed by atoms with Gasteiger partial charge in [-0.05, 0) is 49.4 Å².